The maximum atomic E-state index is 12.9. The number of allylic oxidation sites excluding steroid dienone is 4. The van der Waals surface area contributed by atoms with E-state index < -0.39 is 24.3 Å². The van der Waals surface area contributed by atoms with E-state index in [1.807, 2.05) is 21.1 Å². The Kier molecular flexibility index (Phi) is 59.1. The Morgan fingerprint density at radius 2 is 0.654 bits per heavy atom. The molecule has 0 aliphatic heterocycles. The van der Waals surface area contributed by atoms with Crippen molar-refractivity contribution in [1.82, 2.24) is 0 Å². The predicted molar refractivity (Wildman–Crippen MR) is 330 cm³/mol. The number of quaternary nitrogens is 1. The lowest BCUT2D eigenvalue weighted by atomic mass is 10.0. The van der Waals surface area contributed by atoms with Crippen LogP contribution in [0.3, 0.4) is 0 Å². The fourth-order valence-electron chi connectivity index (χ4n) is 10.2. The van der Waals surface area contributed by atoms with Crippen LogP contribution in [0.15, 0.2) is 24.3 Å². The Labute approximate surface area is 484 Å². The Hall–Kier alpha value is -2.23. The first-order valence-electron chi connectivity index (χ1n) is 34.0. The largest absolute Gasteiger partial charge is 0.545 e. The van der Waals surface area contributed by atoms with Gasteiger partial charge >= 0.3 is 11.9 Å². The van der Waals surface area contributed by atoms with E-state index >= 15 is 0 Å². The highest BCUT2D eigenvalue weighted by Gasteiger charge is 2.22. The van der Waals surface area contributed by atoms with Crippen LogP contribution < -0.4 is 5.11 Å². The SMILES string of the molecule is CCCCCCC/C=C\CCCCCCCC(=O)OCC(COC(OCC[N+](C)(C)C)C(=O)[O-])OC(=O)CCCCCCCCCCCCCCCCCCCCCCCCCCCCC/C=C\CCCCCCCCCC. The Morgan fingerprint density at radius 1 is 0.372 bits per heavy atom. The van der Waals surface area contributed by atoms with Crippen LogP contribution >= 0.6 is 0 Å². The second kappa shape index (κ2) is 60.9. The number of carboxylic acids is 1. The van der Waals surface area contributed by atoms with E-state index in [2.05, 4.69) is 38.2 Å². The van der Waals surface area contributed by atoms with Gasteiger partial charge in [0.2, 0.25) is 0 Å². The number of ether oxygens (including phenoxy) is 4. The number of likely N-dealkylation sites (N-methyl/N-ethyl adjacent to an activating group) is 1. The molecule has 9 heteroatoms. The van der Waals surface area contributed by atoms with Crippen LogP contribution in [0.4, 0.5) is 0 Å². The van der Waals surface area contributed by atoms with Gasteiger partial charge in [0.05, 0.1) is 40.3 Å². The normalized spacial score (nSPS) is 12.8. The topological polar surface area (TPSA) is 111 Å². The third-order valence-electron chi connectivity index (χ3n) is 15.4. The van der Waals surface area contributed by atoms with E-state index in [9.17, 15) is 19.5 Å². The molecule has 2 atom stereocenters. The molecule has 78 heavy (non-hydrogen) atoms. The molecular weight excluding hydrogens is 971 g/mol. The van der Waals surface area contributed by atoms with Gasteiger partial charge in [0.1, 0.15) is 13.2 Å². The van der Waals surface area contributed by atoms with Gasteiger partial charge in [0, 0.05) is 12.8 Å². The zero-order valence-corrected chi connectivity index (χ0v) is 52.6. The summed E-state index contributed by atoms with van der Waals surface area (Å²) < 4.78 is 22.7. The minimum Gasteiger partial charge on any atom is -0.545 e. The molecule has 0 rings (SSSR count). The van der Waals surface area contributed by atoms with Crippen molar-refractivity contribution >= 4 is 17.9 Å². The molecule has 0 aliphatic carbocycles. The van der Waals surface area contributed by atoms with Gasteiger partial charge in [-0.25, -0.2) is 0 Å². The van der Waals surface area contributed by atoms with Crippen LogP contribution in [0.1, 0.15) is 341 Å². The number of esters is 2. The van der Waals surface area contributed by atoms with Gasteiger partial charge in [-0.15, -0.1) is 0 Å². The van der Waals surface area contributed by atoms with Gasteiger partial charge < -0.3 is 33.3 Å². The predicted octanol–water partition coefficient (Wildman–Crippen LogP) is 19.3. The summed E-state index contributed by atoms with van der Waals surface area (Å²) in [5.41, 5.74) is 0. The highest BCUT2D eigenvalue weighted by molar-refractivity contribution is 5.70. The summed E-state index contributed by atoms with van der Waals surface area (Å²) in [6, 6.07) is 0. The number of aliphatic carboxylic acids is 1. The third-order valence-corrected chi connectivity index (χ3v) is 15.4. The molecule has 2 unspecified atom stereocenters. The molecule has 0 heterocycles. The smallest absolute Gasteiger partial charge is 0.306 e. The number of hydrogen-bond acceptors (Lipinski definition) is 8. The van der Waals surface area contributed by atoms with Gasteiger partial charge in [-0.05, 0) is 64.2 Å². The van der Waals surface area contributed by atoms with Gasteiger partial charge in [0.15, 0.2) is 12.4 Å². The molecule has 0 aliphatic rings. The van der Waals surface area contributed by atoms with E-state index in [4.69, 9.17) is 18.9 Å². The number of unbranched alkanes of at least 4 members (excludes halogenated alkanes) is 45. The Balaban J connectivity index is 3.91. The molecule has 0 bridgehead atoms. The Morgan fingerprint density at radius 3 is 0.949 bits per heavy atom. The molecule has 0 radical (unpaired) electrons. The average Bonchev–Trinajstić information content (AvgIpc) is 3.41. The number of carbonyl (C=O) groups is 3. The highest BCUT2D eigenvalue weighted by atomic mass is 16.7. The molecule has 0 fully saturated rings. The summed E-state index contributed by atoms with van der Waals surface area (Å²) in [5.74, 6) is -2.27. The maximum Gasteiger partial charge on any atom is 0.306 e. The first kappa shape index (κ1) is 75.8. The van der Waals surface area contributed by atoms with E-state index in [1.54, 1.807) is 0 Å². The van der Waals surface area contributed by atoms with E-state index in [0.29, 0.717) is 11.0 Å². The molecule has 0 amide bonds. The fourth-order valence-corrected chi connectivity index (χ4v) is 10.2. The highest BCUT2D eigenvalue weighted by Crippen LogP contribution is 2.18. The van der Waals surface area contributed by atoms with Crippen molar-refractivity contribution in [3.63, 3.8) is 0 Å². The second-order valence-corrected chi connectivity index (χ2v) is 24.5. The van der Waals surface area contributed by atoms with Crippen molar-refractivity contribution in [1.29, 1.82) is 0 Å². The zero-order chi connectivity index (χ0) is 56.9. The molecular formula is C69H131NO8. The lowest BCUT2D eigenvalue weighted by Gasteiger charge is -2.26. The third kappa shape index (κ3) is 61.4. The van der Waals surface area contributed by atoms with Crippen molar-refractivity contribution in [2.75, 3.05) is 47.5 Å². The number of hydrogen-bond donors (Lipinski definition) is 0. The number of carbonyl (C=O) groups excluding carboxylic acids is 3. The van der Waals surface area contributed by atoms with Gasteiger partial charge in [0.25, 0.3) is 0 Å². The fraction of sp³-hybridized carbons (Fsp3) is 0.899. The number of rotatable bonds is 64. The van der Waals surface area contributed by atoms with Crippen LogP contribution in [0.5, 0.6) is 0 Å². The van der Waals surface area contributed by atoms with Crippen molar-refractivity contribution in [2.24, 2.45) is 0 Å². The molecule has 0 aromatic carbocycles. The molecule has 9 nitrogen and oxygen atoms in total. The molecule has 0 saturated carbocycles. The van der Waals surface area contributed by atoms with Crippen LogP contribution in [0, 0.1) is 0 Å². The zero-order valence-electron chi connectivity index (χ0n) is 52.6. The first-order chi connectivity index (χ1) is 38.1. The van der Waals surface area contributed by atoms with Crippen molar-refractivity contribution in [2.45, 2.75) is 354 Å². The van der Waals surface area contributed by atoms with Crippen LogP contribution in [0.2, 0.25) is 0 Å². The van der Waals surface area contributed by atoms with Crippen LogP contribution in [-0.2, 0) is 33.3 Å². The quantitative estimate of drug-likeness (QED) is 0.0195. The molecule has 0 saturated heterocycles. The van der Waals surface area contributed by atoms with Crippen LogP contribution in [-0.4, -0.2) is 82.3 Å². The first-order valence-corrected chi connectivity index (χ1v) is 34.0. The summed E-state index contributed by atoms with van der Waals surface area (Å²) in [5, 5.41) is 11.8. The summed E-state index contributed by atoms with van der Waals surface area (Å²) in [7, 11) is 5.93. The second-order valence-electron chi connectivity index (χ2n) is 24.5. The molecule has 0 aromatic rings. The van der Waals surface area contributed by atoms with Gasteiger partial charge in [-0.2, -0.15) is 0 Å². The van der Waals surface area contributed by atoms with E-state index in [0.717, 1.165) is 57.8 Å². The molecule has 0 N–H and O–H groups in total. The number of carboxylic acid groups (broad SMARTS) is 1. The van der Waals surface area contributed by atoms with E-state index in [-0.39, 0.29) is 38.6 Å². The standard InChI is InChI=1S/C69H131NO8/c1-6-8-10-12-14-16-18-20-22-23-24-25-26-27-28-29-30-31-32-33-34-35-36-37-38-39-40-41-42-43-44-45-46-48-50-52-54-56-58-60-67(72)78-65(64-77-69(68(73)74)75-62-61-70(3,4)5)63-76-66(71)59-57-55-53-51-49-47-21-19-17-15-13-11-9-7-2/h19,21,23-24,65,69H,6-18,20,22,25-64H2,1-5H3/b21-19-,24-23-. The van der Waals surface area contributed by atoms with Gasteiger partial charge in [-0.1, -0.05) is 289 Å². The summed E-state index contributed by atoms with van der Waals surface area (Å²) in [6.07, 6.45) is 71.4. The molecule has 0 aromatic heterocycles. The van der Waals surface area contributed by atoms with Crippen molar-refractivity contribution in [3.8, 4) is 0 Å². The average molecular weight is 1100 g/mol. The molecule has 460 valence electrons. The van der Waals surface area contributed by atoms with Gasteiger partial charge in [-0.3, -0.25) is 9.59 Å². The summed E-state index contributed by atoms with van der Waals surface area (Å²) in [6.45, 7) is 4.78. The maximum absolute atomic E-state index is 12.9. The van der Waals surface area contributed by atoms with Crippen molar-refractivity contribution in [3.05, 3.63) is 24.3 Å². The van der Waals surface area contributed by atoms with Crippen molar-refractivity contribution < 1.29 is 42.9 Å². The minimum absolute atomic E-state index is 0.149. The Bertz CT molecular complexity index is 1330. The summed E-state index contributed by atoms with van der Waals surface area (Å²) >= 11 is 0. The molecule has 0 spiro atoms. The monoisotopic (exact) mass is 1100 g/mol. The van der Waals surface area contributed by atoms with E-state index in [1.165, 1.54) is 257 Å². The minimum atomic E-state index is -1.62. The van der Waals surface area contributed by atoms with Crippen LogP contribution in [0.25, 0.3) is 0 Å². The lowest BCUT2D eigenvalue weighted by Crippen LogP contribution is -2.44. The lowest BCUT2D eigenvalue weighted by molar-refractivity contribution is -0.870. The number of nitrogens with zero attached hydrogens (tertiary/aromatic N) is 1. The summed E-state index contributed by atoms with van der Waals surface area (Å²) in [4.78, 5) is 37.3.